The molecule has 1 aliphatic heterocycles. The number of amides is 2. The first-order chi connectivity index (χ1) is 10.0. The molecular weight excluding hydrogens is 268 g/mol. The fourth-order valence-corrected chi connectivity index (χ4v) is 3.47. The Bertz CT molecular complexity index is 380. The summed E-state index contributed by atoms with van der Waals surface area (Å²) < 4.78 is 0. The molecule has 2 N–H and O–H groups in total. The van der Waals surface area contributed by atoms with Gasteiger partial charge in [0.15, 0.2) is 0 Å². The highest BCUT2D eigenvalue weighted by atomic mass is 16.4. The van der Waals surface area contributed by atoms with E-state index in [1.54, 1.807) is 11.8 Å². The number of carbonyl (C=O) groups is 2. The molecule has 0 aromatic rings. The number of urea groups is 1. The minimum atomic E-state index is -0.811. The summed E-state index contributed by atoms with van der Waals surface area (Å²) in [4.78, 5) is 24.8. The minimum absolute atomic E-state index is 0.110. The van der Waals surface area contributed by atoms with E-state index in [0.717, 1.165) is 12.3 Å². The molecule has 0 spiro atoms. The summed E-state index contributed by atoms with van der Waals surface area (Å²) >= 11 is 0. The van der Waals surface area contributed by atoms with Crippen LogP contribution in [0, 0.1) is 11.3 Å². The van der Waals surface area contributed by atoms with Gasteiger partial charge in [0.05, 0.1) is 5.41 Å². The Hall–Kier alpha value is -1.26. The molecule has 1 unspecified atom stereocenters. The summed E-state index contributed by atoms with van der Waals surface area (Å²) in [6.07, 6.45) is 9.57. The molecule has 0 aromatic carbocycles. The number of nitrogens with one attached hydrogen (secondary N) is 1. The lowest BCUT2D eigenvalue weighted by Crippen LogP contribution is -2.41. The second-order valence-electron chi connectivity index (χ2n) is 6.92. The molecule has 2 rings (SSSR count). The maximum Gasteiger partial charge on any atom is 0.317 e. The van der Waals surface area contributed by atoms with Crippen molar-refractivity contribution in [2.75, 3.05) is 19.6 Å². The summed E-state index contributed by atoms with van der Waals surface area (Å²) in [7, 11) is 0. The van der Waals surface area contributed by atoms with E-state index >= 15 is 0 Å². The van der Waals surface area contributed by atoms with Gasteiger partial charge in [0, 0.05) is 19.6 Å². The van der Waals surface area contributed by atoms with E-state index in [1.165, 1.54) is 38.5 Å². The molecule has 0 bridgehead atoms. The van der Waals surface area contributed by atoms with Crippen LogP contribution in [0.3, 0.4) is 0 Å². The molecule has 0 radical (unpaired) electrons. The molecule has 2 aliphatic rings. The third-order valence-corrected chi connectivity index (χ3v) is 5.07. The van der Waals surface area contributed by atoms with Crippen LogP contribution < -0.4 is 5.32 Å². The third-order valence-electron chi connectivity index (χ3n) is 5.07. The van der Waals surface area contributed by atoms with Gasteiger partial charge in [0.25, 0.3) is 0 Å². The number of hydrogen-bond acceptors (Lipinski definition) is 2. The number of likely N-dealkylation sites (tertiary alicyclic amines) is 1. The highest BCUT2D eigenvalue weighted by Crippen LogP contribution is 2.30. The van der Waals surface area contributed by atoms with Crippen LogP contribution in [0.2, 0.25) is 0 Å². The number of carbonyl (C=O) groups excluding carboxylic acids is 1. The van der Waals surface area contributed by atoms with Crippen LogP contribution in [-0.2, 0) is 4.79 Å². The van der Waals surface area contributed by atoms with Crippen LogP contribution in [0.25, 0.3) is 0 Å². The van der Waals surface area contributed by atoms with Crippen molar-refractivity contribution < 1.29 is 14.7 Å². The molecule has 1 atom stereocenters. The minimum Gasteiger partial charge on any atom is -0.481 e. The van der Waals surface area contributed by atoms with Crippen molar-refractivity contribution in [3.8, 4) is 0 Å². The SMILES string of the molecule is CC1(C(=O)O)CCN(C(=O)NCCCCC2CCCC2)C1. The molecule has 1 saturated heterocycles. The zero-order valence-electron chi connectivity index (χ0n) is 13.1. The van der Waals surface area contributed by atoms with E-state index in [1.807, 2.05) is 0 Å². The van der Waals surface area contributed by atoms with Crippen molar-refractivity contribution in [1.82, 2.24) is 10.2 Å². The van der Waals surface area contributed by atoms with Crippen molar-refractivity contribution in [1.29, 1.82) is 0 Å². The predicted molar refractivity (Wildman–Crippen MR) is 81.1 cm³/mol. The number of hydrogen-bond donors (Lipinski definition) is 2. The molecule has 1 aliphatic carbocycles. The largest absolute Gasteiger partial charge is 0.481 e. The lowest BCUT2D eigenvalue weighted by Gasteiger charge is -2.20. The van der Waals surface area contributed by atoms with Crippen LogP contribution in [0.1, 0.15) is 58.3 Å². The number of unbranched alkanes of at least 4 members (excludes halogenated alkanes) is 1. The van der Waals surface area contributed by atoms with Gasteiger partial charge in [0.1, 0.15) is 0 Å². The average molecular weight is 296 g/mol. The van der Waals surface area contributed by atoms with E-state index in [9.17, 15) is 9.59 Å². The smallest absolute Gasteiger partial charge is 0.317 e. The summed E-state index contributed by atoms with van der Waals surface area (Å²) in [6.45, 7) is 3.27. The Balaban J connectivity index is 1.58. The second kappa shape index (κ2) is 7.14. The molecule has 2 fully saturated rings. The lowest BCUT2D eigenvalue weighted by molar-refractivity contribution is -0.146. The van der Waals surface area contributed by atoms with Gasteiger partial charge in [-0.15, -0.1) is 0 Å². The number of carboxylic acid groups (broad SMARTS) is 1. The standard InChI is InChI=1S/C16H28N2O3/c1-16(14(19)20)9-11-18(12-16)15(21)17-10-5-4-8-13-6-2-3-7-13/h13H,2-12H2,1H3,(H,17,21)(H,19,20). The van der Waals surface area contributed by atoms with Crippen molar-refractivity contribution in [3.05, 3.63) is 0 Å². The molecule has 21 heavy (non-hydrogen) atoms. The maximum absolute atomic E-state index is 12.0. The van der Waals surface area contributed by atoms with Crippen molar-refractivity contribution in [2.45, 2.75) is 58.3 Å². The molecule has 2 amide bonds. The predicted octanol–water partition coefficient (Wildman–Crippen LogP) is 2.85. The number of carboxylic acids is 1. The topological polar surface area (TPSA) is 69.6 Å². The van der Waals surface area contributed by atoms with E-state index in [4.69, 9.17) is 5.11 Å². The monoisotopic (exact) mass is 296 g/mol. The zero-order valence-corrected chi connectivity index (χ0v) is 13.1. The molecular formula is C16H28N2O3. The van der Waals surface area contributed by atoms with Gasteiger partial charge in [-0.3, -0.25) is 4.79 Å². The quantitative estimate of drug-likeness (QED) is 0.740. The third kappa shape index (κ3) is 4.35. The Morgan fingerprint density at radius 2 is 2.00 bits per heavy atom. The lowest BCUT2D eigenvalue weighted by atomic mass is 9.90. The van der Waals surface area contributed by atoms with Crippen LogP contribution >= 0.6 is 0 Å². The fourth-order valence-electron chi connectivity index (χ4n) is 3.47. The van der Waals surface area contributed by atoms with E-state index < -0.39 is 11.4 Å². The van der Waals surface area contributed by atoms with Crippen LogP contribution in [0.15, 0.2) is 0 Å². The van der Waals surface area contributed by atoms with Gasteiger partial charge < -0.3 is 15.3 Å². The summed E-state index contributed by atoms with van der Waals surface area (Å²) in [5.41, 5.74) is -0.778. The van der Waals surface area contributed by atoms with Crippen LogP contribution in [0.4, 0.5) is 4.79 Å². The first-order valence-electron chi connectivity index (χ1n) is 8.27. The fraction of sp³-hybridized carbons (Fsp3) is 0.875. The van der Waals surface area contributed by atoms with Crippen molar-refractivity contribution >= 4 is 12.0 Å². The average Bonchev–Trinajstić information content (AvgIpc) is 3.08. The van der Waals surface area contributed by atoms with Gasteiger partial charge in [-0.1, -0.05) is 38.5 Å². The highest BCUT2D eigenvalue weighted by molar-refractivity contribution is 5.79. The number of nitrogens with zero attached hydrogens (tertiary/aromatic N) is 1. The molecule has 120 valence electrons. The van der Waals surface area contributed by atoms with E-state index in [-0.39, 0.29) is 6.03 Å². The maximum atomic E-state index is 12.0. The van der Waals surface area contributed by atoms with Crippen LogP contribution in [0.5, 0.6) is 0 Å². The second-order valence-corrected chi connectivity index (χ2v) is 6.92. The molecule has 0 aromatic heterocycles. The highest BCUT2D eigenvalue weighted by Gasteiger charge is 2.42. The van der Waals surface area contributed by atoms with Crippen LogP contribution in [-0.4, -0.2) is 41.6 Å². The van der Waals surface area contributed by atoms with E-state index in [2.05, 4.69) is 5.32 Å². The van der Waals surface area contributed by atoms with Crippen molar-refractivity contribution in [3.63, 3.8) is 0 Å². The van der Waals surface area contributed by atoms with Gasteiger partial charge in [-0.25, -0.2) is 4.79 Å². The summed E-state index contributed by atoms with van der Waals surface area (Å²) in [6, 6.07) is -0.110. The summed E-state index contributed by atoms with van der Waals surface area (Å²) in [5, 5.41) is 12.1. The normalized spacial score (nSPS) is 26.2. The Morgan fingerprint density at radius 3 is 2.62 bits per heavy atom. The number of rotatable bonds is 6. The molecule has 5 nitrogen and oxygen atoms in total. The molecule has 1 saturated carbocycles. The zero-order chi connectivity index (χ0) is 15.3. The van der Waals surface area contributed by atoms with E-state index in [0.29, 0.717) is 26.1 Å². The Morgan fingerprint density at radius 1 is 1.29 bits per heavy atom. The molecule has 5 heteroatoms. The van der Waals surface area contributed by atoms with Gasteiger partial charge in [-0.2, -0.15) is 0 Å². The Labute approximate surface area is 127 Å². The summed E-state index contributed by atoms with van der Waals surface area (Å²) in [5.74, 6) is 0.102. The molecule has 1 heterocycles. The Kier molecular flexibility index (Phi) is 5.48. The van der Waals surface area contributed by atoms with Gasteiger partial charge in [0.2, 0.25) is 0 Å². The number of aliphatic carboxylic acids is 1. The van der Waals surface area contributed by atoms with Gasteiger partial charge >= 0.3 is 12.0 Å². The van der Waals surface area contributed by atoms with Crippen molar-refractivity contribution in [2.24, 2.45) is 11.3 Å². The van der Waals surface area contributed by atoms with Gasteiger partial charge in [-0.05, 0) is 25.7 Å². The first-order valence-corrected chi connectivity index (χ1v) is 8.27. The first kappa shape index (κ1) is 16.1.